The summed E-state index contributed by atoms with van der Waals surface area (Å²) in [5.74, 6) is -0.255. The van der Waals surface area contributed by atoms with Gasteiger partial charge in [-0.05, 0) is 16.9 Å². The fourth-order valence-corrected chi connectivity index (χ4v) is 3.94. The Morgan fingerprint density at radius 1 is 1.32 bits per heavy atom. The highest BCUT2D eigenvalue weighted by Gasteiger charge is 2.65. The van der Waals surface area contributed by atoms with E-state index in [1.807, 2.05) is 0 Å². The van der Waals surface area contributed by atoms with Crippen LogP contribution >= 0.6 is 11.3 Å². The summed E-state index contributed by atoms with van der Waals surface area (Å²) < 4.78 is 22.3. The van der Waals surface area contributed by atoms with Crippen LogP contribution in [0.25, 0.3) is 0 Å². The van der Waals surface area contributed by atoms with Crippen LogP contribution in [0.2, 0.25) is 0 Å². The van der Waals surface area contributed by atoms with Gasteiger partial charge in [-0.25, -0.2) is 13.6 Å². The first-order chi connectivity index (χ1) is 8.48. The van der Waals surface area contributed by atoms with Crippen molar-refractivity contribution in [2.75, 3.05) is 0 Å². The number of hydrogen-bond acceptors (Lipinski definition) is 4. The molecule has 0 spiro atoms. The summed E-state index contributed by atoms with van der Waals surface area (Å²) in [4.78, 5) is 12.1. The summed E-state index contributed by atoms with van der Waals surface area (Å²) in [7, 11) is -3.74. The molecular formula is C12H18N2O3S2. The van der Waals surface area contributed by atoms with Crippen LogP contribution < -0.4 is 10.5 Å². The average Bonchev–Trinajstić information content (AvgIpc) is 2.69. The summed E-state index contributed by atoms with van der Waals surface area (Å²) in [5.41, 5.74) is 0.427. The summed E-state index contributed by atoms with van der Waals surface area (Å²) in [6.45, 7) is 8.39. The van der Waals surface area contributed by atoms with Crippen molar-refractivity contribution in [3.63, 3.8) is 0 Å². The van der Waals surface area contributed by atoms with Crippen molar-refractivity contribution in [2.24, 2.45) is 16.0 Å². The van der Waals surface area contributed by atoms with Crippen molar-refractivity contribution in [1.29, 1.82) is 0 Å². The smallest absolute Gasteiger partial charge is 0.252 e. The summed E-state index contributed by atoms with van der Waals surface area (Å²) >= 11 is 0.958. The van der Waals surface area contributed by atoms with E-state index in [0.29, 0.717) is 5.56 Å². The second-order valence-electron chi connectivity index (χ2n) is 6.05. The third-order valence-corrected chi connectivity index (χ3v) is 6.80. The number of amides is 1. The second-order valence-corrected chi connectivity index (χ2v) is 8.75. The van der Waals surface area contributed by atoms with Gasteiger partial charge >= 0.3 is 0 Å². The van der Waals surface area contributed by atoms with E-state index < -0.39 is 10.0 Å². The third kappa shape index (κ3) is 2.30. The molecule has 1 aliphatic carbocycles. The predicted molar refractivity (Wildman–Crippen MR) is 74.5 cm³/mol. The SMILES string of the molecule is CC1(C)C(NC(=O)c2csc(S(N)(=O)=O)c2)C1(C)C. The van der Waals surface area contributed by atoms with Gasteiger partial charge in [0.15, 0.2) is 0 Å². The molecule has 106 valence electrons. The Labute approximate surface area is 117 Å². The number of hydrogen-bond donors (Lipinski definition) is 2. The van der Waals surface area contributed by atoms with E-state index in [1.165, 1.54) is 11.4 Å². The first-order valence-corrected chi connectivity index (χ1v) is 8.33. The number of carbonyl (C=O) groups excluding carboxylic acids is 1. The van der Waals surface area contributed by atoms with E-state index in [2.05, 4.69) is 33.0 Å². The summed E-state index contributed by atoms with van der Waals surface area (Å²) in [5, 5.41) is 9.48. The first kappa shape index (κ1) is 14.5. The monoisotopic (exact) mass is 302 g/mol. The molecule has 0 aromatic carbocycles. The minimum absolute atomic E-state index is 0.00645. The van der Waals surface area contributed by atoms with E-state index in [1.54, 1.807) is 0 Å². The molecular weight excluding hydrogens is 284 g/mol. The van der Waals surface area contributed by atoms with E-state index in [9.17, 15) is 13.2 Å². The van der Waals surface area contributed by atoms with E-state index in [4.69, 9.17) is 5.14 Å². The summed E-state index contributed by atoms with van der Waals surface area (Å²) in [6.07, 6.45) is 0. The fourth-order valence-electron chi connectivity index (χ4n) is 2.36. The molecule has 1 aliphatic rings. The lowest BCUT2D eigenvalue weighted by atomic mass is 10.0. The van der Waals surface area contributed by atoms with E-state index in [0.717, 1.165) is 11.3 Å². The lowest BCUT2D eigenvalue weighted by molar-refractivity contribution is 0.0944. The fraction of sp³-hybridized carbons (Fsp3) is 0.583. The zero-order valence-electron chi connectivity index (χ0n) is 11.4. The Balaban J connectivity index is 2.13. The average molecular weight is 302 g/mol. The van der Waals surface area contributed by atoms with Crippen LogP contribution in [0.5, 0.6) is 0 Å². The molecule has 3 N–H and O–H groups in total. The maximum Gasteiger partial charge on any atom is 0.252 e. The van der Waals surface area contributed by atoms with Crippen molar-refractivity contribution in [3.05, 3.63) is 17.0 Å². The molecule has 0 atom stereocenters. The standard InChI is InChI=1S/C12H18N2O3S2/c1-11(2)10(12(11,3)4)14-9(15)7-5-8(18-6-7)19(13,16)17/h5-6,10H,1-4H3,(H,14,15)(H2,13,16,17). The van der Waals surface area contributed by atoms with Crippen molar-refractivity contribution in [3.8, 4) is 0 Å². The molecule has 0 radical (unpaired) electrons. The van der Waals surface area contributed by atoms with Gasteiger partial charge in [-0.3, -0.25) is 4.79 Å². The van der Waals surface area contributed by atoms with Crippen LogP contribution in [0.4, 0.5) is 0 Å². The van der Waals surface area contributed by atoms with Crippen LogP contribution in [0.15, 0.2) is 15.7 Å². The Kier molecular flexibility index (Phi) is 3.08. The molecule has 1 fully saturated rings. The van der Waals surface area contributed by atoms with Gasteiger partial charge < -0.3 is 5.32 Å². The highest BCUT2D eigenvalue weighted by atomic mass is 32.2. The molecule has 0 saturated heterocycles. The molecule has 0 bridgehead atoms. The molecule has 1 amide bonds. The van der Waals surface area contributed by atoms with Crippen molar-refractivity contribution < 1.29 is 13.2 Å². The van der Waals surface area contributed by atoms with Crippen molar-refractivity contribution in [1.82, 2.24) is 5.32 Å². The lowest BCUT2D eigenvalue weighted by Crippen LogP contribution is -2.29. The zero-order chi connectivity index (χ0) is 14.6. The minimum atomic E-state index is -3.74. The highest BCUT2D eigenvalue weighted by Crippen LogP contribution is 2.62. The number of nitrogens with one attached hydrogen (secondary N) is 1. The largest absolute Gasteiger partial charge is 0.348 e. The molecule has 2 rings (SSSR count). The van der Waals surface area contributed by atoms with Crippen molar-refractivity contribution >= 4 is 27.3 Å². The molecule has 1 aromatic heterocycles. The second kappa shape index (κ2) is 4.04. The molecule has 0 unspecified atom stereocenters. The highest BCUT2D eigenvalue weighted by molar-refractivity contribution is 7.91. The number of sulfonamides is 1. The normalized spacial score (nSPS) is 21.1. The van der Waals surface area contributed by atoms with Crippen LogP contribution in [0.1, 0.15) is 38.1 Å². The molecule has 7 heteroatoms. The maximum atomic E-state index is 12.1. The van der Waals surface area contributed by atoms with Gasteiger partial charge in [-0.1, -0.05) is 27.7 Å². The quantitative estimate of drug-likeness (QED) is 0.888. The molecule has 0 aliphatic heterocycles. The van der Waals surface area contributed by atoms with Gasteiger partial charge in [0.25, 0.3) is 5.91 Å². The molecule has 19 heavy (non-hydrogen) atoms. The van der Waals surface area contributed by atoms with Gasteiger partial charge in [0.05, 0.1) is 5.56 Å². The van der Waals surface area contributed by atoms with Gasteiger partial charge in [0.2, 0.25) is 10.0 Å². The third-order valence-electron chi connectivity index (χ3n) is 4.41. The Morgan fingerprint density at radius 3 is 2.21 bits per heavy atom. The minimum Gasteiger partial charge on any atom is -0.348 e. The van der Waals surface area contributed by atoms with Crippen LogP contribution in [0.3, 0.4) is 0 Å². The molecule has 1 heterocycles. The summed E-state index contributed by atoms with van der Waals surface area (Å²) in [6, 6.07) is 1.41. The number of carbonyl (C=O) groups is 1. The van der Waals surface area contributed by atoms with Crippen LogP contribution in [0, 0.1) is 10.8 Å². The molecule has 1 aromatic rings. The van der Waals surface area contributed by atoms with Crippen molar-refractivity contribution in [2.45, 2.75) is 37.9 Å². The Bertz CT molecular complexity index is 615. The van der Waals surface area contributed by atoms with E-state index in [-0.39, 0.29) is 27.0 Å². The first-order valence-electron chi connectivity index (χ1n) is 5.90. The molecule has 5 nitrogen and oxygen atoms in total. The number of thiophene rings is 1. The number of nitrogens with two attached hydrogens (primary N) is 1. The van der Waals surface area contributed by atoms with Crippen LogP contribution in [-0.4, -0.2) is 20.4 Å². The Hall–Kier alpha value is -0.920. The zero-order valence-corrected chi connectivity index (χ0v) is 13.0. The van der Waals surface area contributed by atoms with Gasteiger partial charge in [-0.15, -0.1) is 11.3 Å². The lowest BCUT2D eigenvalue weighted by Gasteiger charge is -2.04. The van der Waals surface area contributed by atoms with Gasteiger partial charge in [-0.2, -0.15) is 0 Å². The number of primary sulfonamides is 1. The molecule has 1 saturated carbocycles. The van der Waals surface area contributed by atoms with Gasteiger partial charge in [0, 0.05) is 11.4 Å². The van der Waals surface area contributed by atoms with Gasteiger partial charge in [0.1, 0.15) is 4.21 Å². The number of rotatable bonds is 3. The van der Waals surface area contributed by atoms with Crippen LogP contribution in [-0.2, 0) is 10.0 Å². The Morgan fingerprint density at radius 2 is 1.84 bits per heavy atom. The predicted octanol–water partition coefficient (Wildman–Crippen LogP) is 1.56. The topological polar surface area (TPSA) is 89.3 Å². The maximum absolute atomic E-state index is 12.1. The van der Waals surface area contributed by atoms with E-state index >= 15 is 0 Å².